The van der Waals surface area contributed by atoms with Crippen LogP contribution in [0.3, 0.4) is 0 Å². The summed E-state index contributed by atoms with van der Waals surface area (Å²) in [5.74, 6) is 0.185. The van der Waals surface area contributed by atoms with E-state index in [1.807, 2.05) is 36.8 Å². The number of rotatable bonds is 6. The number of pyridine rings is 4. The largest absolute Gasteiger partial charge is 0.264 e. The summed E-state index contributed by atoms with van der Waals surface area (Å²) in [7, 11) is 0. The molecule has 5 aromatic carbocycles. The highest BCUT2D eigenvalue weighted by molar-refractivity contribution is 6.12. The Balaban J connectivity index is 0.950. The molecule has 0 fully saturated rings. The fourth-order valence-electron chi connectivity index (χ4n) is 8.42. The molecule has 1 aliphatic carbocycles. The molecule has 5 heteroatoms. The number of allylic oxidation sites excluding steroid dienone is 5. The smallest absolute Gasteiger partial charge is 0.0715 e. The molecular weight excluding hydrogens is 707 g/mol. The van der Waals surface area contributed by atoms with Crippen molar-refractivity contribution in [1.82, 2.24) is 19.9 Å². The van der Waals surface area contributed by atoms with Crippen LogP contribution in [0, 0.1) is 5.92 Å². The lowest BCUT2D eigenvalue weighted by Crippen LogP contribution is -2.13. The second-order valence-electron chi connectivity index (χ2n) is 14.9. The Morgan fingerprint density at radius 1 is 0.483 bits per heavy atom. The number of nitrogens with zero attached hydrogens (tertiary/aromatic N) is 5. The third-order valence-corrected chi connectivity index (χ3v) is 11.4. The van der Waals surface area contributed by atoms with Crippen molar-refractivity contribution >= 4 is 44.0 Å². The van der Waals surface area contributed by atoms with Crippen LogP contribution in [0.4, 0.5) is 0 Å². The average molecular weight is 742 g/mol. The maximum absolute atomic E-state index is 5.33. The molecule has 5 nitrogen and oxygen atoms in total. The highest BCUT2D eigenvalue weighted by atomic mass is 14.8. The van der Waals surface area contributed by atoms with Gasteiger partial charge in [0, 0.05) is 69.3 Å². The van der Waals surface area contributed by atoms with Gasteiger partial charge in [0.2, 0.25) is 0 Å². The van der Waals surface area contributed by atoms with E-state index in [2.05, 4.69) is 167 Å². The molecular formula is C53H35N5. The van der Waals surface area contributed by atoms with Crippen molar-refractivity contribution in [3.8, 4) is 44.6 Å². The molecule has 4 aromatic heterocycles. The van der Waals surface area contributed by atoms with Crippen LogP contribution < -0.4 is 0 Å². The fraction of sp³-hybridized carbons (Fsp3) is 0.0377. The second-order valence-corrected chi connectivity index (χ2v) is 14.9. The molecule has 0 spiro atoms. The Labute approximate surface area is 336 Å². The number of dihydropyridines is 1. The van der Waals surface area contributed by atoms with Crippen LogP contribution in [0.5, 0.6) is 0 Å². The Morgan fingerprint density at radius 2 is 1.17 bits per heavy atom. The minimum absolute atomic E-state index is 0.185. The number of benzene rings is 5. The van der Waals surface area contributed by atoms with Gasteiger partial charge in [-0.1, -0.05) is 91.0 Å². The molecule has 0 saturated carbocycles. The lowest BCUT2D eigenvalue weighted by Gasteiger charge is -2.24. The minimum atomic E-state index is 0.185. The maximum atomic E-state index is 5.33. The van der Waals surface area contributed by atoms with Gasteiger partial charge in [0.05, 0.1) is 28.0 Å². The van der Waals surface area contributed by atoms with Crippen molar-refractivity contribution < 1.29 is 0 Å². The number of fused-ring (bicyclic) bond motifs is 4. The van der Waals surface area contributed by atoms with E-state index in [-0.39, 0.29) is 5.92 Å². The van der Waals surface area contributed by atoms with Crippen molar-refractivity contribution in [3.63, 3.8) is 0 Å². The van der Waals surface area contributed by atoms with Crippen molar-refractivity contribution in [3.05, 3.63) is 212 Å². The molecule has 0 N–H and O–H groups in total. The standard InChI is InChI=1S/C53H35N5/c1-3-12-51-46(10-1)44(22-25-55-51)41-29-42(45-23-26-56-52-13-4-2-11-47(45)52)31-43(30-41)50-21-18-39-28-36(17-20-49(39)57-50)37-15-14-34-16-19-48(58-53(34)32-37)38-8-5-7-35(27-38)40-9-6-24-54-33-40/h1-27,29-33,39H,28H2. The van der Waals surface area contributed by atoms with E-state index >= 15 is 0 Å². The van der Waals surface area contributed by atoms with Crippen LogP contribution >= 0.6 is 0 Å². The summed E-state index contributed by atoms with van der Waals surface area (Å²) in [6.07, 6.45) is 17.3. The fourth-order valence-corrected chi connectivity index (χ4v) is 8.42. The van der Waals surface area contributed by atoms with Crippen LogP contribution in [0.2, 0.25) is 0 Å². The zero-order valence-electron chi connectivity index (χ0n) is 31.5. The third kappa shape index (κ3) is 6.19. The summed E-state index contributed by atoms with van der Waals surface area (Å²) in [5, 5.41) is 3.37. The van der Waals surface area contributed by atoms with E-state index in [1.54, 1.807) is 6.20 Å². The summed E-state index contributed by atoms with van der Waals surface area (Å²) < 4.78 is 0. The molecule has 0 saturated heterocycles. The molecule has 0 radical (unpaired) electrons. The molecule has 1 unspecified atom stereocenters. The SMILES string of the molecule is C1=CC2CC(c3ccc4ccc(-c5cccc(-c6cccnc6)c5)nc4c3)=CC=C2N=C1c1cc(-c2ccnc3ccccc23)cc(-c2ccnc3ccccc23)c1. The van der Waals surface area contributed by atoms with E-state index in [1.165, 1.54) is 11.1 Å². The van der Waals surface area contributed by atoms with Gasteiger partial charge in [-0.3, -0.25) is 19.9 Å². The number of aliphatic imine (C=N–C) groups is 1. The van der Waals surface area contributed by atoms with Gasteiger partial charge in [-0.05, 0) is 124 Å². The van der Waals surface area contributed by atoms with Crippen molar-refractivity contribution in [2.24, 2.45) is 10.9 Å². The van der Waals surface area contributed by atoms with Gasteiger partial charge < -0.3 is 0 Å². The van der Waals surface area contributed by atoms with Gasteiger partial charge in [0.25, 0.3) is 0 Å². The molecule has 272 valence electrons. The first-order valence-electron chi connectivity index (χ1n) is 19.6. The first kappa shape index (κ1) is 33.7. The monoisotopic (exact) mass is 741 g/mol. The molecule has 1 aliphatic heterocycles. The first-order chi connectivity index (χ1) is 28.7. The van der Waals surface area contributed by atoms with Crippen molar-refractivity contribution in [1.29, 1.82) is 0 Å². The molecule has 1 atom stereocenters. The van der Waals surface area contributed by atoms with Gasteiger partial charge in [0.15, 0.2) is 0 Å². The molecule has 0 amide bonds. The van der Waals surface area contributed by atoms with Gasteiger partial charge in [-0.2, -0.15) is 0 Å². The molecule has 5 heterocycles. The Hall–Kier alpha value is -7.63. The number of aromatic nitrogens is 4. The highest BCUT2D eigenvalue weighted by Crippen LogP contribution is 2.39. The highest BCUT2D eigenvalue weighted by Gasteiger charge is 2.23. The van der Waals surface area contributed by atoms with E-state index in [0.29, 0.717) is 0 Å². The number of hydrogen-bond donors (Lipinski definition) is 0. The summed E-state index contributed by atoms with van der Waals surface area (Å²) in [4.78, 5) is 24.1. The summed E-state index contributed by atoms with van der Waals surface area (Å²) in [5.41, 5.74) is 17.3. The molecule has 2 aliphatic rings. The lowest BCUT2D eigenvalue weighted by molar-refractivity contribution is 0.760. The van der Waals surface area contributed by atoms with Crippen LogP contribution in [-0.4, -0.2) is 25.6 Å². The summed E-state index contributed by atoms with van der Waals surface area (Å²) in [6.45, 7) is 0. The predicted octanol–water partition coefficient (Wildman–Crippen LogP) is 12.7. The average Bonchev–Trinajstić information content (AvgIpc) is 3.30. The second kappa shape index (κ2) is 14.1. The van der Waals surface area contributed by atoms with Gasteiger partial charge >= 0.3 is 0 Å². The first-order valence-corrected chi connectivity index (χ1v) is 19.6. The van der Waals surface area contributed by atoms with Crippen LogP contribution in [-0.2, 0) is 0 Å². The van der Waals surface area contributed by atoms with E-state index in [0.717, 1.165) is 101 Å². The Kier molecular flexibility index (Phi) is 8.21. The summed E-state index contributed by atoms with van der Waals surface area (Å²) in [6, 6.07) is 51.2. The van der Waals surface area contributed by atoms with Crippen LogP contribution in [0.25, 0.3) is 82.9 Å². The molecule has 58 heavy (non-hydrogen) atoms. The maximum Gasteiger partial charge on any atom is 0.0715 e. The van der Waals surface area contributed by atoms with Crippen LogP contribution in [0.15, 0.2) is 205 Å². The minimum Gasteiger partial charge on any atom is -0.264 e. The quantitative estimate of drug-likeness (QED) is 0.170. The van der Waals surface area contributed by atoms with Crippen molar-refractivity contribution in [2.45, 2.75) is 6.42 Å². The van der Waals surface area contributed by atoms with Crippen molar-refractivity contribution in [2.75, 3.05) is 0 Å². The third-order valence-electron chi connectivity index (χ3n) is 11.4. The van der Waals surface area contributed by atoms with Gasteiger partial charge in [-0.25, -0.2) is 4.98 Å². The topological polar surface area (TPSA) is 63.9 Å². The van der Waals surface area contributed by atoms with E-state index < -0.39 is 0 Å². The zero-order chi connectivity index (χ0) is 38.4. The van der Waals surface area contributed by atoms with Gasteiger partial charge in [-0.15, -0.1) is 0 Å². The normalized spacial score (nSPS) is 14.9. The number of para-hydroxylation sites is 2. The molecule has 9 aromatic rings. The number of hydrogen-bond acceptors (Lipinski definition) is 5. The molecule has 11 rings (SSSR count). The molecule has 0 bridgehead atoms. The summed E-state index contributed by atoms with van der Waals surface area (Å²) >= 11 is 0. The Morgan fingerprint density at radius 3 is 1.93 bits per heavy atom. The predicted molar refractivity (Wildman–Crippen MR) is 238 cm³/mol. The van der Waals surface area contributed by atoms with Gasteiger partial charge in [0.1, 0.15) is 0 Å². The lowest BCUT2D eigenvalue weighted by atomic mass is 9.85. The zero-order valence-corrected chi connectivity index (χ0v) is 31.5. The Bertz CT molecular complexity index is 3100. The van der Waals surface area contributed by atoms with E-state index in [4.69, 9.17) is 9.98 Å². The van der Waals surface area contributed by atoms with E-state index in [9.17, 15) is 0 Å². The van der Waals surface area contributed by atoms with Crippen LogP contribution in [0.1, 0.15) is 17.5 Å².